The average molecular weight is 228 g/mol. The van der Waals surface area contributed by atoms with Crippen molar-refractivity contribution in [3.63, 3.8) is 0 Å². The van der Waals surface area contributed by atoms with E-state index in [4.69, 9.17) is 22.4 Å². The largest absolute Gasteiger partial charge is 0.478 e. The van der Waals surface area contributed by atoms with Crippen LogP contribution in [0.3, 0.4) is 0 Å². The highest BCUT2D eigenvalue weighted by molar-refractivity contribution is 7.17. The SMILES string of the molecule is Nc1cc(Cl)c(C(=O)O)c2sccc12. The van der Waals surface area contributed by atoms with E-state index >= 15 is 0 Å². The van der Waals surface area contributed by atoms with Crippen LogP contribution in [0.5, 0.6) is 0 Å². The van der Waals surface area contributed by atoms with Gasteiger partial charge < -0.3 is 10.8 Å². The number of rotatable bonds is 1. The third-order valence-corrected chi connectivity index (χ3v) is 3.17. The van der Waals surface area contributed by atoms with Crippen molar-refractivity contribution < 1.29 is 9.90 Å². The minimum atomic E-state index is -1.03. The lowest BCUT2D eigenvalue weighted by atomic mass is 10.1. The molecule has 0 saturated heterocycles. The molecule has 1 aromatic heterocycles. The summed E-state index contributed by atoms with van der Waals surface area (Å²) in [6.07, 6.45) is 0. The number of carbonyl (C=O) groups is 1. The standard InChI is InChI=1S/C9H6ClNO2S/c10-5-3-6(11)4-1-2-14-8(4)7(5)9(12)13/h1-3H,11H2,(H,12,13). The Bertz CT molecular complexity index is 521. The molecule has 14 heavy (non-hydrogen) atoms. The number of aromatic carboxylic acids is 1. The summed E-state index contributed by atoms with van der Waals surface area (Å²) in [4.78, 5) is 10.9. The van der Waals surface area contributed by atoms with Gasteiger partial charge in [0.15, 0.2) is 0 Å². The second-order valence-corrected chi connectivity index (χ2v) is 4.11. The van der Waals surface area contributed by atoms with Gasteiger partial charge in [0.25, 0.3) is 0 Å². The van der Waals surface area contributed by atoms with Crippen LogP contribution in [0.2, 0.25) is 5.02 Å². The maximum absolute atomic E-state index is 10.9. The first-order valence-electron chi connectivity index (χ1n) is 3.79. The van der Waals surface area contributed by atoms with Crippen LogP contribution >= 0.6 is 22.9 Å². The van der Waals surface area contributed by atoms with Crippen LogP contribution < -0.4 is 5.73 Å². The van der Waals surface area contributed by atoms with E-state index in [2.05, 4.69) is 0 Å². The van der Waals surface area contributed by atoms with Crippen molar-refractivity contribution in [3.8, 4) is 0 Å². The average Bonchev–Trinajstić information content (AvgIpc) is 2.51. The fraction of sp³-hybridized carbons (Fsp3) is 0. The van der Waals surface area contributed by atoms with Crippen LogP contribution in [0.4, 0.5) is 5.69 Å². The van der Waals surface area contributed by atoms with Crippen molar-refractivity contribution in [2.75, 3.05) is 5.73 Å². The van der Waals surface area contributed by atoms with Gasteiger partial charge in [0, 0.05) is 11.1 Å². The molecule has 72 valence electrons. The number of benzene rings is 1. The Morgan fingerprint density at radius 2 is 2.29 bits per heavy atom. The molecule has 0 unspecified atom stereocenters. The fourth-order valence-electron chi connectivity index (χ4n) is 1.32. The molecule has 3 nitrogen and oxygen atoms in total. The monoisotopic (exact) mass is 227 g/mol. The zero-order valence-electron chi connectivity index (χ0n) is 6.95. The topological polar surface area (TPSA) is 63.3 Å². The third-order valence-electron chi connectivity index (χ3n) is 1.94. The van der Waals surface area contributed by atoms with Crippen LogP contribution in [0.1, 0.15) is 10.4 Å². The van der Waals surface area contributed by atoms with Crippen LogP contribution in [-0.4, -0.2) is 11.1 Å². The minimum Gasteiger partial charge on any atom is -0.478 e. The number of carboxylic acid groups (broad SMARTS) is 1. The van der Waals surface area contributed by atoms with Crippen molar-refractivity contribution in [1.82, 2.24) is 0 Å². The van der Waals surface area contributed by atoms with Crippen LogP contribution in [0, 0.1) is 0 Å². The van der Waals surface area contributed by atoms with Gasteiger partial charge in [0.1, 0.15) is 0 Å². The molecule has 0 aliphatic rings. The molecule has 2 aromatic rings. The van der Waals surface area contributed by atoms with Crippen molar-refractivity contribution >= 4 is 44.7 Å². The van der Waals surface area contributed by atoms with Crippen molar-refractivity contribution in [1.29, 1.82) is 0 Å². The van der Waals surface area contributed by atoms with Gasteiger partial charge in [0.2, 0.25) is 0 Å². The van der Waals surface area contributed by atoms with Crippen molar-refractivity contribution in [3.05, 3.63) is 28.1 Å². The van der Waals surface area contributed by atoms with E-state index in [0.717, 1.165) is 5.39 Å². The van der Waals surface area contributed by atoms with Gasteiger partial charge in [0.05, 0.1) is 15.3 Å². The summed E-state index contributed by atoms with van der Waals surface area (Å²) in [6.45, 7) is 0. The Kier molecular flexibility index (Phi) is 2.09. The maximum Gasteiger partial charge on any atom is 0.338 e. The van der Waals surface area contributed by atoms with E-state index in [9.17, 15) is 4.79 Å². The highest BCUT2D eigenvalue weighted by atomic mass is 35.5. The molecule has 0 aliphatic carbocycles. The predicted octanol–water partition coefficient (Wildman–Crippen LogP) is 2.84. The summed E-state index contributed by atoms with van der Waals surface area (Å²) in [5.74, 6) is -1.03. The maximum atomic E-state index is 10.9. The molecule has 1 aromatic carbocycles. The molecule has 0 spiro atoms. The number of carboxylic acids is 1. The molecule has 2 rings (SSSR count). The third kappa shape index (κ3) is 1.23. The Morgan fingerprint density at radius 1 is 1.57 bits per heavy atom. The first-order chi connectivity index (χ1) is 6.61. The van der Waals surface area contributed by atoms with Crippen LogP contribution in [0.25, 0.3) is 10.1 Å². The van der Waals surface area contributed by atoms with Crippen molar-refractivity contribution in [2.24, 2.45) is 0 Å². The van der Waals surface area contributed by atoms with Gasteiger partial charge in [-0.3, -0.25) is 0 Å². The van der Waals surface area contributed by atoms with Gasteiger partial charge in [-0.1, -0.05) is 11.6 Å². The van der Waals surface area contributed by atoms with E-state index in [0.29, 0.717) is 10.4 Å². The van der Waals surface area contributed by atoms with Gasteiger partial charge in [-0.05, 0) is 17.5 Å². The molecular weight excluding hydrogens is 222 g/mol. The number of nitrogens with two attached hydrogens (primary N) is 1. The molecule has 0 amide bonds. The first-order valence-corrected chi connectivity index (χ1v) is 5.05. The molecule has 0 atom stereocenters. The second-order valence-electron chi connectivity index (χ2n) is 2.79. The van der Waals surface area contributed by atoms with Gasteiger partial charge in [-0.2, -0.15) is 0 Å². The second kappa shape index (κ2) is 3.15. The Hall–Kier alpha value is -1.26. The van der Waals surface area contributed by atoms with E-state index < -0.39 is 5.97 Å². The zero-order valence-corrected chi connectivity index (χ0v) is 8.52. The van der Waals surface area contributed by atoms with Gasteiger partial charge >= 0.3 is 5.97 Å². The number of nitrogen functional groups attached to an aromatic ring is 1. The summed E-state index contributed by atoms with van der Waals surface area (Å²) < 4.78 is 0.627. The highest BCUT2D eigenvalue weighted by Gasteiger charge is 2.16. The Labute approximate surface area is 88.7 Å². The van der Waals surface area contributed by atoms with E-state index in [1.807, 2.05) is 0 Å². The van der Waals surface area contributed by atoms with Crippen molar-refractivity contribution in [2.45, 2.75) is 0 Å². The first kappa shape index (κ1) is 9.30. The number of hydrogen-bond acceptors (Lipinski definition) is 3. The molecular formula is C9H6ClNO2S. The summed E-state index contributed by atoms with van der Waals surface area (Å²) >= 11 is 7.13. The Balaban J connectivity index is 2.93. The minimum absolute atomic E-state index is 0.130. The van der Waals surface area contributed by atoms with Gasteiger partial charge in [-0.25, -0.2) is 4.79 Å². The van der Waals surface area contributed by atoms with E-state index in [-0.39, 0.29) is 10.6 Å². The molecule has 0 saturated carbocycles. The number of anilines is 1. The van der Waals surface area contributed by atoms with Gasteiger partial charge in [-0.15, -0.1) is 11.3 Å². The summed E-state index contributed by atoms with van der Waals surface area (Å²) in [5, 5.41) is 11.7. The predicted molar refractivity (Wildman–Crippen MR) is 58.2 cm³/mol. The molecule has 0 aliphatic heterocycles. The summed E-state index contributed by atoms with van der Waals surface area (Å²) in [5.41, 5.74) is 6.34. The molecule has 1 heterocycles. The quantitative estimate of drug-likeness (QED) is 0.737. The van der Waals surface area contributed by atoms with Crippen LogP contribution in [0.15, 0.2) is 17.5 Å². The molecule has 5 heteroatoms. The molecule has 0 bridgehead atoms. The number of fused-ring (bicyclic) bond motifs is 1. The van der Waals surface area contributed by atoms with E-state index in [1.54, 1.807) is 11.4 Å². The van der Waals surface area contributed by atoms with E-state index in [1.165, 1.54) is 17.4 Å². The summed E-state index contributed by atoms with van der Waals surface area (Å²) in [7, 11) is 0. The molecule has 0 fully saturated rings. The lowest BCUT2D eigenvalue weighted by Gasteiger charge is -2.03. The number of halogens is 1. The highest BCUT2D eigenvalue weighted by Crippen LogP contribution is 2.34. The number of thiophene rings is 1. The zero-order chi connectivity index (χ0) is 10.3. The molecule has 0 radical (unpaired) electrons. The van der Waals surface area contributed by atoms with Crippen LogP contribution in [-0.2, 0) is 0 Å². The molecule has 3 N–H and O–H groups in total. The Morgan fingerprint density at radius 3 is 2.93 bits per heavy atom. The number of hydrogen-bond donors (Lipinski definition) is 2. The fourth-order valence-corrected chi connectivity index (χ4v) is 2.64. The normalized spacial score (nSPS) is 10.6. The summed E-state index contributed by atoms with van der Waals surface area (Å²) in [6, 6.07) is 3.26. The smallest absolute Gasteiger partial charge is 0.338 e. The lowest BCUT2D eigenvalue weighted by Crippen LogP contribution is -1.99. The lowest BCUT2D eigenvalue weighted by molar-refractivity contribution is 0.0699.